The summed E-state index contributed by atoms with van der Waals surface area (Å²) in [4.78, 5) is 12.2. The lowest BCUT2D eigenvalue weighted by molar-refractivity contribution is -0.115. The Morgan fingerprint density at radius 3 is 2.35 bits per heavy atom. The van der Waals surface area contributed by atoms with Crippen molar-refractivity contribution in [3.8, 4) is 0 Å². The Kier molecular flexibility index (Phi) is 5.44. The van der Waals surface area contributed by atoms with Crippen molar-refractivity contribution in [1.82, 2.24) is 5.32 Å². The van der Waals surface area contributed by atoms with Crippen molar-refractivity contribution in [2.45, 2.75) is 13.8 Å². The van der Waals surface area contributed by atoms with Crippen LogP contribution in [0.1, 0.15) is 16.7 Å². The second-order valence-electron chi connectivity index (χ2n) is 6.11. The van der Waals surface area contributed by atoms with E-state index in [9.17, 15) is 4.79 Å². The van der Waals surface area contributed by atoms with Crippen LogP contribution in [0.2, 0.25) is 0 Å². The van der Waals surface area contributed by atoms with Gasteiger partial charge in [0.25, 0.3) is 0 Å². The fourth-order valence-electron chi connectivity index (χ4n) is 2.87. The molecule has 0 unspecified atom stereocenters. The Morgan fingerprint density at radius 2 is 1.58 bits per heavy atom. The Morgan fingerprint density at radius 1 is 0.923 bits per heavy atom. The van der Waals surface area contributed by atoms with Gasteiger partial charge in [-0.05, 0) is 59.6 Å². The van der Waals surface area contributed by atoms with Gasteiger partial charge >= 0.3 is 0 Å². The van der Waals surface area contributed by atoms with Crippen LogP contribution in [-0.4, -0.2) is 11.0 Å². The normalized spacial score (nSPS) is 10.8. The Bertz CT molecular complexity index is 982. The van der Waals surface area contributed by atoms with Gasteiger partial charge in [0.15, 0.2) is 5.11 Å². The van der Waals surface area contributed by atoms with Crippen LogP contribution >= 0.6 is 12.2 Å². The lowest BCUT2D eigenvalue weighted by atomic mass is 10.0. The van der Waals surface area contributed by atoms with Crippen LogP contribution in [0.4, 0.5) is 5.69 Å². The second-order valence-corrected chi connectivity index (χ2v) is 6.52. The van der Waals surface area contributed by atoms with Crippen molar-refractivity contribution in [3.63, 3.8) is 0 Å². The van der Waals surface area contributed by atoms with Crippen LogP contribution < -0.4 is 10.6 Å². The monoisotopic (exact) mass is 360 g/mol. The molecule has 0 heterocycles. The molecular formula is C22H20N2OS. The first-order valence-corrected chi connectivity index (χ1v) is 8.79. The molecule has 0 saturated heterocycles. The molecule has 0 aliphatic carbocycles. The minimum Gasteiger partial charge on any atom is -0.332 e. The van der Waals surface area contributed by atoms with Gasteiger partial charge in [-0.1, -0.05) is 60.7 Å². The molecule has 0 radical (unpaired) electrons. The molecule has 1 amide bonds. The number of thiocarbonyl (C=S) groups is 1. The van der Waals surface area contributed by atoms with Crippen LogP contribution in [0.5, 0.6) is 0 Å². The number of fused-ring (bicyclic) bond motifs is 1. The molecule has 0 fully saturated rings. The zero-order chi connectivity index (χ0) is 18.5. The molecule has 2 N–H and O–H groups in total. The summed E-state index contributed by atoms with van der Waals surface area (Å²) in [7, 11) is 0. The minimum absolute atomic E-state index is 0.262. The molecule has 0 aliphatic rings. The van der Waals surface area contributed by atoms with Gasteiger partial charge in [0, 0.05) is 11.8 Å². The second kappa shape index (κ2) is 7.93. The number of benzene rings is 3. The zero-order valence-electron chi connectivity index (χ0n) is 14.7. The average molecular weight is 360 g/mol. The molecule has 3 aromatic carbocycles. The van der Waals surface area contributed by atoms with Crippen molar-refractivity contribution in [2.75, 3.05) is 5.32 Å². The van der Waals surface area contributed by atoms with E-state index in [0.717, 1.165) is 33.2 Å². The standard InChI is InChI=1S/C22H20N2OS/c1-15-7-5-8-16(2)21(15)24-22(26)23-20(25)14-13-18-11-6-10-17-9-3-4-12-19(17)18/h3-14H,1-2H3,(H2,23,24,25,26)/b14-13+. The number of aryl methyl sites for hydroxylation is 2. The maximum absolute atomic E-state index is 12.2. The summed E-state index contributed by atoms with van der Waals surface area (Å²) in [6, 6.07) is 20.1. The van der Waals surface area contributed by atoms with Gasteiger partial charge in [0.05, 0.1) is 0 Å². The van der Waals surface area contributed by atoms with Gasteiger partial charge < -0.3 is 5.32 Å². The van der Waals surface area contributed by atoms with E-state index < -0.39 is 0 Å². The first-order valence-electron chi connectivity index (χ1n) is 8.38. The molecule has 0 saturated carbocycles. The van der Waals surface area contributed by atoms with Gasteiger partial charge in [-0.2, -0.15) is 0 Å². The Labute approximate surface area is 158 Å². The maximum Gasteiger partial charge on any atom is 0.250 e. The summed E-state index contributed by atoms with van der Waals surface area (Å²) in [5.41, 5.74) is 4.07. The molecular weight excluding hydrogens is 340 g/mol. The lowest BCUT2D eigenvalue weighted by Gasteiger charge is -2.13. The van der Waals surface area contributed by atoms with Crippen LogP contribution in [0.3, 0.4) is 0 Å². The highest BCUT2D eigenvalue weighted by Crippen LogP contribution is 2.20. The van der Waals surface area contributed by atoms with E-state index in [1.165, 1.54) is 6.08 Å². The van der Waals surface area contributed by atoms with Crippen LogP contribution in [0.25, 0.3) is 16.8 Å². The van der Waals surface area contributed by atoms with Crippen molar-refractivity contribution >= 4 is 45.8 Å². The summed E-state index contributed by atoms with van der Waals surface area (Å²) in [6.07, 6.45) is 3.31. The van der Waals surface area contributed by atoms with E-state index in [4.69, 9.17) is 12.2 Å². The highest BCUT2D eigenvalue weighted by molar-refractivity contribution is 7.80. The van der Waals surface area contributed by atoms with E-state index in [0.29, 0.717) is 0 Å². The van der Waals surface area contributed by atoms with Gasteiger partial charge in [-0.25, -0.2) is 0 Å². The fraction of sp³-hybridized carbons (Fsp3) is 0.0909. The number of carbonyl (C=O) groups excluding carboxylic acids is 1. The molecule has 0 aliphatic heterocycles. The topological polar surface area (TPSA) is 41.1 Å². The highest BCUT2D eigenvalue weighted by atomic mass is 32.1. The number of hydrogen-bond donors (Lipinski definition) is 2. The number of rotatable bonds is 3. The number of carbonyl (C=O) groups is 1. The molecule has 0 aromatic heterocycles. The largest absolute Gasteiger partial charge is 0.332 e. The van der Waals surface area contributed by atoms with Crippen LogP contribution in [0.15, 0.2) is 66.7 Å². The van der Waals surface area contributed by atoms with E-state index >= 15 is 0 Å². The number of amides is 1. The van der Waals surface area contributed by atoms with E-state index in [1.54, 1.807) is 6.08 Å². The SMILES string of the molecule is Cc1cccc(C)c1NC(=S)NC(=O)/C=C/c1cccc2ccccc12. The summed E-state index contributed by atoms with van der Waals surface area (Å²) in [5, 5.41) is 8.33. The number of nitrogens with one attached hydrogen (secondary N) is 2. The van der Waals surface area contributed by atoms with E-state index in [2.05, 4.69) is 22.8 Å². The number of para-hydroxylation sites is 1. The number of anilines is 1. The van der Waals surface area contributed by atoms with Crippen molar-refractivity contribution < 1.29 is 4.79 Å². The molecule has 130 valence electrons. The molecule has 0 atom stereocenters. The quantitative estimate of drug-likeness (QED) is 0.511. The molecule has 26 heavy (non-hydrogen) atoms. The Hall–Kier alpha value is -2.98. The van der Waals surface area contributed by atoms with Gasteiger partial charge in [-0.3, -0.25) is 10.1 Å². The predicted octanol–water partition coefficient (Wildman–Crippen LogP) is 4.98. The lowest BCUT2D eigenvalue weighted by Crippen LogP contribution is -2.33. The summed E-state index contributed by atoms with van der Waals surface area (Å²) < 4.78 is 0. The van der Waals surface area contributed by atoms with Gasteiger partial charge in [0.1, 0.15) is 0 Å². The van der Waals surface area contributed by atoms with Gasteiger partial charge in [-0.15, -0.1) is 0 Å². The van der Waals surface area contributed by atoms with Gasteiger partial charge in [0.2, 0.25) is 5.91 Å². The molecule has 0 bridgehead atoms. The minimum atomic E-state index is -0.262. The first-order chi connectivity index (χ1) is 12.5. The molecule has 3 rings (SSSR count). The third-order valence-electron chi connectivity index (χ3n) is 4.19. The molecule has 3 nitrogen and oxygen atoms in total. The van der Waals surface area contributed by atoms with Crippen LogP contribution in [-0.2, 0) is 4.79 Å². The summed E-state index contributed by atoms with van der Waals surface area (Å²) >= 11 is 5.26. The maximum atomic E-state index is 12.2. The summed E-state index contributed by atoms with van der Waals surface area (Å²) in [5.74, 6) is -0.262. The molecule has 0 spiro atoms. The van der Waals surface area contributed by atoms with Crippen LogP contribution in [0, 0.1) is 13.8 Å². The predicted molar refractivity (Wildman–Crippen MR) is 113 cm³/mol. The van der Waals surface area contributed by atoms with Crippen molar-refractivity contribution in [3.05, 3.63) is 83.4 Å². The average Bonchev–Trinajstić information content (AvgIpc) is 2.63. The highest BCUT2D eigenvalue weighted by Gasteiger charge is 2.06. The summed E-state index contributed by atoms with van der Waals surface area (Å²) in [6.45, 7) is 4.00. The third kappa shape index (κ3) is 4.16. The van der Waals surface area contributed by atoms with Crippen molar-refractivity contribution in [2.24, 2.45) is 0 Å². The third-order valence-corrected chi connectivity index (χ3v) is 4.40. The van der Waals surface area contributed by atoms with E-state index in [1.807, 2.05) is 62.4 Å². The zero-order valence-corrected chi connectivity index (χ0v) is 15.6. The Balaban J connectivity index is 1.68. The number of hydrogen-bond acceptors (Lipinski definition) is 2. The first kappa shape index (κ1) is 17.8. The molecule has 4 heteroatoms. The smallest absolute Gasteiger partial charge is 0.250 e. The fourth-order valence-corrected chi connectivity index (χ4v) is 3.07. The van der Waals surface area contributed by atoms with Crippen molar-refractivity contribution in [1.29, 1.82) is 0 Å². The van der Waals surface area contributed by atoms with E-state index in [-0.39, 0.29) is 11.0 Å². The molecule has 3 aromatic rings.